The summed E-state index contributed by atoms with van der Waals surface area (Å²) in [5, 5.41) is 0. The maximum atomic E-state index is 14.3. The van der Waals surface area contributed by atoms with E-state index in [1.165, 1.54) is 18.4 Å². The summed E-state index contributed by atoms with van der Waals surface area (Å²) in [5.74, 6) is 1.52. The van der Waals surface area contributed by atoms with E-state index in [0.717, 1.165) is 11.1 Å². The summed E-state index contributed by atoms with van der Waals surface area (Å²) in [6.45, 7) is 4.23. The van der Waals surface area contributed by atoms with Gasteiger partial charge in [0.05, 0.1) is 60.9 Å². The molecule has 3 aromatic carbocycles. The van der Waals surface area contributed by atoms with Crippen LogP contribution in [0, 0.1) is 0 Å². The van der Waals surface area contributed by atoms with Crippen LogP contribution in [0.5, 0.6) is 23.0 Å². The Hall–Kier alpha value is -4.35. The van der Waals surface area contributed by atoms with Crippen LogP contribution in [0.3, 0.4) is 0 Å². The Morgan fingerprint density at radius 1 is 0.955 bits per heavy atom. The molecule has 0 bridgehead atoms. The largest absolute Gasteiger partial charge is 0.493 e. The number of halogens is 1. The van der Waals surface area contributed by atoms with Crippen LogP contribution >= 0.6 is 27.3 Å². The molecule has 228 valence electrons. The van der Waals surface area contributed by atoms with E-state index >= 15 is 0 Å². The fourth-order valence-corrected chi connectivity index (χ4v) is 6.68. The van der Waals surface area contributed by atoms with E-state index in [-0.39, 0.29) is 17.7 Å². The zero-order chi connectivity index (χ0) is 31.4. The smallest absolute Gasteiger partial charge is 0.338 e. The zero-order valence-corrected chi connectivity index (χ0v) is 27.3. The molecule has 0 spiro atoms. The minimum absolute atomic E-state index is 0.155. The predicted molar refractivity (Wildman–Crippen MR) is 172 cm³/mol. The monoisotopic (exact) mass is 678 g/mol. The Bertz CT molecular complexity index is 1910. The summed E-state index contributed by atoms with van der Waals surface area (Å²) in [5.41, 5.74) is 2.44. The lowest BCUT2D eigenvalue weighted by molar-refractivity contribution is -0.138. The molecule has 44 heavy (non-hydrogen) atoms. The molecular formula is C33H31BrN2O7S. The number of aromatic nitrogens is 1. The van der Waals surface area contributed by atoms with Gasteiger partial charge >= 0.3 is 5.97 Å². The zero-order valence-electron chi connectivity index (χ0n) is 24.9. The molecule has 0 saturated heterocycles. The van der Waals surface area contributed by atoms with Gasteiger partial charge in [-0.2, -0.15) is 0 Å². The van der Waals surface area contributed by atoms with Crippen molar-refractivity contribution in [3.05, 3.63) is 107 Å². The lowest BCUT2D eigenvalue weighted by Gasteiger charge is -2.26. The van der Waals surface area contributed by atoms with Gasteiger partial charge < -0.3 is 23.7 Å². The van der Waals surface area contributed by atoms with E-state index in [1.807, 2.05) is 55.5 Å². The molecule has 9 nitrogen and oxygen atoms in total. The van der Waals surface area contributed by atoms with Gasteiger partial charge in [-0.15, -0.1) is 0 Å². The average molecular weight is 680 g/mol. The van der Waals surface area contributed by atoms with Crippen LogP contribution in [-0.2, 0) is 9.53 Å². The molecule has 0 saturated carbocycles. The second kappa shape index (κ2) is 13.5. The van der Waals surface area contributed by atoms with Crippen LogP contribution in [0.25, 0.3) is 11.8 Å². The number of carbonyl (C=O) groups is 1. The Morgan fingerprint density at radius 3 is 2.36 bits per heavy atom. The van der Waals surface area contributed by atoms with Gasteiger partial charge in [0.15, 0.2) is 27.8 Å². The first-order valence-corrected chi connectivity index (χ1v) is 15.5. The standard InChI is InChI=1S/C33H31BrN2O7S/c1-6-42-25-16-19(15-22(34)30(25)41-5)17-26-31(37)36-29(21-13-14-23(39-3)24(18-21)40-4)27(32(38)43-7-2)28(35-33(36)44-26)20-11-9-8-10-12-20/h8-18,29H,6-7H2,1-5H3/b26-17-/t29-/m1/s1. The molecule has 1 aliphatic rings. The first kappa shape index (κ1) is 31.1. The van der Waals surface area contributed by atoms with Crippen molar-refractivity contribution in [1.29, 1.82) is 0 Å². The number of hydrogen-bond donors (Lipinski definition) is 0. The third-order valence-electron chi connectivity index (χ3n) is 6.93. The van der Waals surface area contributed by atoms with Gasteiger partial charge in [-0.05, 0) is 71.2 Å². The molecule has 0 unspecified atom stereocenters. The SMILES string of the molecule is CCOC(=O)C1=C(c2ccccc2)N=c2s/c(=C\c3cc(Br)c(OC)c(OCC)c3)c(=O)n2[C@@H]1c1ccc(OC)c(OC)c1. The number of nitrogens with zero attached hydrogens (tertiary/aromatic N) is 2. The topological polar surface area (TPSA) is 97.6 Å². The number of thiazole rings is 1. The number of fused-ring (bicyclic) bond motifs is 1. The molecule has 2 heterocycles. The molecule has 4 aromatic rings. The number of benzene rings is 3. The average Bonchev–Trinajstić information content (AvgIpc) is 3.34. The Labute approximate surface area is 266 Å². The van der Waals surface area contributed by atoms with Gasteiger partial charge in [0.1, 0.15) is 0 Å². The summed E-state index contributed by atoms with van der Waals surface area (Å²) < 4.78 is 30.5. The van der Waals surface area contributed by atoms with Crippen LogP contribution in [0.4, 0.5) is 0 Å². The highest BCUT2D eigenvalue weighted by molar-refractivity contribution is 9.10. The van der Waals surface area contributed by atoms with Crippen molar-refractivity contribution < 1.29 is 28.5 Å². The lowest BCUT2D eigenvalue weighted by atomic mass is 9.93. The predicted octanol–water partition coefficient (Wildman–Crippen LogP) is 5.12. The summed E-state index contributed by atoms with van der Waals surface area (Å²) in [6.07, 6.45) is 1.78. The summed E-state index contributed by atoms with van der Waals surface area (Å²) in [4.78, 5) is 33.3. The van der Waals surface area contributed by atoms with E-state index in [2.05, 4.69) is 15.9 Å². The van der Waals surface area contributed by atoms with Gasteiger partial charge in [0, 0.05) is 5.56 Å². The summed E-state index contributed by atoms with van der Waals surface area (Å²) in [6, 6.07) is 17.5. The molecular weight excluding hydrogens is 648 g/mol. The Balaban J connectivity index is 1.82. The van der Waals surface area contributed by atoms with Crippen LogP contribution in [0.1, 0.15) is 36.6 Å². The molecule has 0 radical (unpaired) electrons. The number of ether oxygens (including phenoxy) is 5. The Morgan fingerprint density at radius 2 is 1.70 bits per heavy atom. The number of hydrogen-bond acceptors (Lipinski definition) is 9. The maximum absolute atomic E-state index is 14.3. The van der Waals surface area contributed by atoms with Crippen molar-refractivity contribution in [2.24, 2.45) is 4.99 Å². The molecule has 1 aliphatic heterocycles. The molecule has 0 amide bonds. The normalized spacial score (nSPS) is 14.5. The first-order chi connectivity index (χ1) is 21.3. The quantitative estimate of drug-likeness (QED) is 0.215. The molecule has 0 N–H and O–H groups in total. The minimum atomic E-state index is -0.857. The van der Waals surface area contributed by atoms with Crippen molar-refractivity contribution >= 4 is 45.0 Å². The molecule has 0 aliphatic carbocycles. The summed E-state index contributed by atoms with van der Waals surface area (Å²) in [7, 11) is 4.65. The van der Waals surface area contributed by atoms with Crippen LogP contribution in [-0.4, -0.2) is 45.1 Å². The van der Waals surface area contributed by atoms with Gasteiger partial charge in [-0.1, -0.05) is 47.7 Å². The second-order valence-corrected chi connectivity index (χ2v) is 11.4. The summed E-state index contributed by atoms with van der Waals surface area (Å²) >= 11 is 4.78. The van der Waals surface area contributed by atoms with Crippen molar-refractivity contribution in [2.75, 3.05) is 34.5 Å². The molecule has 0 fully saturated rings. The highest BCUT2D eigenvalue weighted by Gasteiger charge is 2.35. The fourth-order valence-electron chi connectivity index (χ4n) is 5.06. The number of esters is 1. The van der Waals surface area contributed by atoms with Crippen LogP contribution in [0.2, 0.25) is 0 Å². The fraction of sp³-hybridized carbons (Fsp3) is 0.242. The van der Waals surface area contributed by atoms with Gasteiger partial charge in [-0.3, -0.25) is 9.36 Å². The highest BCUT2D eigenvalue weighted by Crippen LogP contribution is 2.39. The first-order valence-electron chi connectivity index (χ1n) is 13.9. The van der Waals surface area contributed by atoms with E-state index in [9.17, 15) is 9.59 Å². The van der Waals surface area contributed by atoms with Gasteiger partial charge in [-0.25, -0.2) is 9.79 Å². The Kier molecular flexibility index (Phi) is 9.55. The van der Waals surface area contributed by atoms with Crippen molar-refractivity contribution in [3.63, 3.8) is 0 Å². The maximum Gasteiger partial charge on any atom is 0.338 e. The van der Waals surface area contributed by atoms with Crippen molar-refractivity contribution in [2.45, 2.75) is 19.9 Å². The lowest BCUT2D eigenvalue weighted by Crippen LogP contribution is -2.40. The van der Waals surface area contributed by atoms with E-state index < -0.39 is 12.0 Å². The molecule has 1 atom stereocenters. The van der Waals surface area contributed by atoms with Gasteiger partial charge in [0.2, 0.25) is 0 Å². The third-order valence-corrected chi connectivity index (χ3v) is 8.50. The molecule has 11 heteroatoms. The van der Waals surface area contributed by atoms with Crippen LogP contribution in [0.15, 0.2) is 80.5 Å². The van der Waals surface area contributed by atoms with E-state index in [1.54, 1.807) is 43.9 Å². The number of methoxy groups -OCH3 is 3. The second-order valence-electron chi connectivity index (χ2n) is 9.51. The van der Waals surface area contributed by atoms with Crippen LogP contribution < -0.4 is 33.8 Å². The third kappa shape index (κ3) is 5.89. The molecule has 5 rings (SSSR count). The molecule has 1 aromatic heterocycles. The van der Waals surface area contributed by atoms with Crippen molar-refractivity contribution in [3.8, 4) is 23.0 Å². The van der Waals surface area contributed by atoms with Crippen molar-refractivity contribution in [1.82, 2.24) is 4.57 Å². The van der Waals surface area contributed by atoms with E-state index in [0.29, 0.717) is 54.7 Å². The number of carbonyl (C=O) groups excluding carboxylic acids is 1. The van der Waals surface area contributed by atoms with Gasteiger partial charge in [0.25, 0.3) is 5.56 Å². The highest BCUT2D eigenvalue weighted by atomic mass is 79.9. The van der Waals surface area contributed by atoms with E-state index in [4.69, 9.17) is 28.7 Å². The number of rotatable bonds is 10. The minimum Gasteiger partial charge on any atom is -0.493 e.